The van der Waals surface area contributed by atoms with E-state index in [-0.39, 0.29) is 16.5 Å². The van der Waals surface area contributed by atoms with Crippen LogP contribution in [0.5, 0.6) is 0 Å². The molecule has 25 heavy (non-hydrogen) atoms. The lowest BCUT2D eigenvalue weighted by molar-refractivity contribution is 0.338. The van der Waals surface area contributed by atoms with Crippen LogP contribution in [0.25, 0.3) is 32.3 Å². The highest BCUT2D eigenvalue weighted by Crippen LogP contribution is 2.35. The fraction of sp³-hybridized carbons (Fsp3) is 0.100. The zero-order valence-corrected chi connectivity index (χ0v) is 15.1. The highest BCUT2D eigenvalue weighted by molar-refractivity contribution is 7.87. The minimum absolute atomic E-state index is 0.0311. The zero-order valence-electron chi connectivity index (χ0n) is 13.5. The lowest BCUT2D eigenvalue weighted by atomic mass is 10.00. The van der Waals surface area contributed by atoms with E-state index in [0.717, 1.165) is 26.9 Å². The molecule has 0 bridgehead atoms. The number of fused-ring (bicyclic) bond motifs is 3. The lowest BCUT2D eigenvalue weighted by Crippen LogP contribution is -2.07. The van der Waals surface area contributed by atoms with Crippen molar-refractivity contribution in [3.05, 3.63) is 65.7 Å². The van der Waals surface area contributed by atoms with E-state index in [2.05, 4.69) is 18.2 Å². The van der Waals surface area contributed by atoms with Crippen molar-refractivity contribution in [1.82, 2.24) is 0 Å². The van der Waals surface area contributed by atoms with Gasteiger partial charge in [-0.3, -0.25) is 4.18 Å². The molecule has 126 valence electrons. The minimum Gasteiger partial charge on any atom is -0.267 e. The third-order valence-electron chi connectivity index (χ3n) is 4.27. The third kappa shape index (κ3) is 2.76. The fourth-order valence-electron chi connectivity index (χ4n) is 3.18. The smallest absolute Gasteiger partial charge is 0.267 e. The Bertz CT molecular complexity index is 1230. The molecule has 0 spiro atoms. The van der Waals surface area contributed by atoms with Crippen molar-refractivity contribution in [1.29, 1.82) is 0 Å². The summed E-state index contributed by atoms with van der Waals surface area (Å²) in [5.41, 5.74) is 0. The summed E-state index contributed by atoms with van der Waals surface area (Å²) in [4.78, 5) is 0.0311. The van der Waals surface area contributed by atoms with Gasteiger partial charge in [-0.25, -0.2) is 0 Å². The molecular weight excluding hydrogens is 356 g/mol. The molecule has 0 saturated carbocycles. The largest absolute Gasteiger partial charge is 0.299 e. The molecule has 0 aliphatic rings. The highest BCUT2D eigenvalue weighted by Gasteiger charge is 2.22. The van der Waals surface area contributed by atoms with Crippen molar-refractivity contribution in [2.75, 3.05) is 6.61 Å². The SMILES string of the molecule is CCOS(=O)(=O)c1c(Cl)ccc2cc3cc4ccccc4cc3cc12. The Hall–Kier alpha value is -2.14. The molecule has 0 atom stereocenters. The van der Waals surface area contributed by atoms with Crippen molar-refractivity contribution < 1.29 is 12.6 Å². The van der Waals surface area contributed by atoms with Crippen LogP contribution in [0.3, 0.4) is 0 Å². The third-order valence-corrected chi connectivity index (χ3v) is 6.18. The van der Waals surface area contributed by atoms with Gasteiger partial charge in [-0.05, 0) is 64.2 Å². The zero-order chi connectivity index (χ0) is 17.6. The second kappa shape index (κ2) is 5.99. The minimum atomic E-state index is -3.91. The van der Waals surface area contributed by atoms with Crippen LogP contribution in [0.4, 0.5) is 0 Å². The van der Waals surface area contributed by atoms with Gasteiger partial charge >= 0.3 is 0 Å². The van der Waals surface area contributed by atoms with E-state index in [0.29, 0.717) is 5.39 Å². The molecule has 0 aliphatic carbocycles. The number of hydrogen-bond acceptors (Lipinski definition) is 3. The van der Waals surface area contributed by atoms with Crippen molar-refractivity contribution >= 4 is 54.0 Å². The Morgan fingerprint density at radius 3 is 2.08 bits per heavy atom. The quantitative estimate of drug-likeness (QED) is 0.352. The normalized spacial score (nSPS) is 12.2. The molecule has 0 radical (unpaired) electrons. The monoisotopic (exact) mass is 370 g/mol. The van der Waals surface area contributed by atoms with Crippen LogP contribution < -0.4 is 0 Å². The summed E-state index contributed by atoms with van der Waals surface area (Å²) in [7, 11) is -3.91. The number of rotatable bonds is 3. The van der Waals surface area contributed by atoms with E-state index < -0.39 is 10.1 Å². The first kappa shape index (κ1) is 16.3. The van der Waals surface area contributed by atoms with Crippen LogP contribution in [0, 0.1) is 0 Å². The summed E-state index contributed by atoms with van der Waals surface area (Å²) in [6.45, 7) is 1.70. The van der Waals surface area contributed by atoms with Gasteiger partial charge in [0.1, 0.15) is 4.90 Å². The van der Waals surface area contributed by atoms with Crippen LogP contribution in [0.1, 0.15) is 6.92 Å². The molecule has 0 amide bonds. The van der Waals surface area contributed by atoms with Crippen molar-refractivity contribution in [2.24, 2.45) is 0 Å². The first-order chi connectivity index (χ1) is 12.0. The molecule has 0 N–H and O–H groups in total. The van der Waals surface area contributed by atoms with Gasteiger partial charge in [-0.1, -0.05) is 41.9 Å². The van der Waals surface area contributed by atoms with E-state index in [1.165, 1.54) is 0 Å². The number of benzene rings is 4. The molecule has 4 rings (SSSR count). The molecule has 0 aliphatic heterocycles. The summed E-state index contributed by atoms with van der Waals surface area (Å²) in [5.74, 6) is 0. The van der Waals surface area contributed by atoms with Crippen LogP contribution in [-0.4, -0.2) is 15.0 Å². The summed E-state index contributed by atoms with van der Waals surface area (Å²) in [6, 6.07) is 19.5. The molecule has 4 aromatic carbocycles. The molecule has 3 nitrogen and oxygen atoms in total. The van der Waals surface area contributed by atoms with E-state index in [1.807, 2.05) is 36.4 Å². The maximum Gasteiger partial charge on any atom is 0.299 e. The van der Waals surface area contributed by atoms with Crippen molar-refractivity contribution in [3.63, 3.8) is 0 Å². The average molecular weight is 371 g/mol. The Kier molecular flexibility index (Phi) is 3.91. The Morgan fingerprint density at radius 2 is 1.44 bits per heavy atom. The van der Waals surface area contributed by atoms with Crippen molar-refractivity contribution in [2.45, 2.75) is 11.8 Å². The second-order valence-corrected chi connectivity index (χ2v) is 7.82. The lowest BCUT2D eigenvalue weighted by Gasteiger charge is -2.11. The summed E-state index contributed by atoms with van der Waals surface area (Å²) >= 11 is 6.21. The van der Waals surface area contributed by atoms with Crippen LogP contribution in [-0.2, 0) is 14.3 Å². The maximum absolute atomic E-state index is 12.5. The van der Waals surface area contributed by atoms with Crippen LogP contribution in [0.2, 0.25) is 5.02 Å². The first-order valence-electron chi connectivity index (χ1n) is 7.94. The maximum atomic E-state index is 12.5. The molecule has 0 unspecified atom stereocenters. The summed E-state index contributed by atoms with van der Waals surface area (Å²) < 4.78 is 30.0. The topological polar surface area (TPSA) is 43.4 Å². The predicted octanol–water partition coefficient (Wildman–Crippen LogP) is 5.52. The number of halogens is 1. The molecule has 0 saturated heterocycles. The summed E-state index contributed by atoms with van der Waals surface area (Å²) in [5, 5.41) is 5.81. The average Bonchev–Trinajstić information content (AvgIpc) is 2.57. The van der Waals surface area contributed by atoms with Gasteiger partial charge in [0, 0.05) is 5.39 Å². The van der Waals surface area contributed by atoms with Crippen LogP contribution in [0.15, 0.2) is 65.6 Å². The van der Waals surface area contributed by atoms with Gasteiger partial charge in [0.2, 0.25) is 0 Å². The molecule has 4 aromatic rings. The van der Waals surface area contributed by atoms with E-state index in [1.54, 1.807) is 13.0 Å². The van der Waals surface area contributed by atoms with Crippen LogP contribution >= 0.6 is 11.6 Å². The molecule has 0 heterocycles. The van der Waals surface area contributed by atoms with E-state index >= 15 is 0 Å². The van der Waals surface area contributed by atoms with Gasteiger partial charge in [0.15, 0.2) is 0 Å². The Labute approximate surface area is 150 Å². The second-order valence-electron chi connectivity index (χ2n) is 5.86. The predicted molar refractivity (Wildman–Crippen MR) is 103 cm³/mol. The first-order valence-corrected chi connectivity index (χ1v) is 9.72. The standard InChI is InChI=1S/C20H15ClO3S/c1-2-24-25(22,23)20-18-12-17-10-14-6-4-3-5-13(14)9-16(17)11-15(18)7-8-19(20)21/h3-12H,2H2,1H3. The van der Waals surface area contributed by atoms with Gasteiger partial charge in [0.25, 0.3) is 10.1 Å². The van der Waals surface area contributed by atoms with Gasteiger partial charge < -0.3 is 0 Å². The molecule has 0 fully saturated rings. The van der Waals surface area contributed by atoms with Crippen molar-refractivity contribution in [3.8, 4) is 0 Å². The van der Waals surface area contributed by atoms with E-state index in [9.17, 15) is 8.42 Å². The van der Waals surface area contributed by atoms with Gasteiger partial charge in [-0.15, -0.1) is 0 Å². The van der Waals surface area contributed by atoms with E-state index in [4.69, 9.17) is 15.8 Å². The Balaban J connectivity index is 2.11. The Morgan fingerprint density at radius 1 is 0.840 bits per heavy atom. The molecular formula is C20H15ClO3S. The highest BCUT2D eigenvalue weighted by atomic mass is 35.5. The van der Waals surface area contributed by atoms with Gasteiger partial charge in [-0.2, -0.15) is 8.42 Å². The molecule has 5 heteroatoms. The fourth-order valence-corrected chi connectivity index (χ4v) is 4.81. The summed E-state index contributed by atoms with van der Waals surface area (Å²) in [6.07, 6.45) is 0. The number of hydrogen-bond donors (Lipinski definition) is 0. The molecule has 0 aromatic heterocycles. The van der Waals surface area contributed by atoms with Gasteiger partial charge in [0.05, 0.1) is 11.6 Å².